The van der Waals surface area contributed by atoms with Crippen LogP contribution in [0.15, 0.2) is 54.6 Å². The Morgan fingerprint density at radius 3 is 2.35 bits per heavy atom. The highest BCUT2D eigenvalue weighted by molar-refractivity contribution is 5.31. The summed E-state index contributed by atoms with van der Waals surface area (Å²) < 4.78 is 5.78. The topological polar surface area (TPSA) is 29.5 Å². The van der Waals surface area contributed by atoms with Crippen molar-refractivity contribution in [2.24, 2.45) is 5.41 Å². The zero-order chi connectivity index (χ0) is 14.6. The maximum Gasteiger partial charge on any atom is 0.120 e. The van der Waals surface area contributed by atoms with Crippen LogP contribution in [0, 0.1) is 5.41 Å². The average Bonchev–Trinajstić information content (AvgIpc) is 2.45. The van der Waals surface area contributed by atoms with Crippen molar-refractivity contribution in [2.75, 3.05) is 0 Å². The first kappa shape index (κ1) is 14.6. The molecule has 1 atom stereocenters. The van der Waals surface area contributed by atoms with Gasteiger partial charge in [0, 0.05) is 0 Å². The summed E-state index contributed by atoms with van der Waals surface area (Å²) in [5.41, 5.74) is 1.84. The number of hydrogen-bond acceptors (Lipinski definition) is 2. The predicted octanol–water partition coefficient (Wildman–Crippen LogP) is 4.35. The molecule has 106 valence electrons. The molecule has 0 aliphatic heterocycles. The van der Waals surface area contributed by atoms with Gasteiger partial charge in [0.05, 0.1) is 6.10 Å². The van der Waals surface area contributed by atoms with E-state index in [1.165, 1.54) is 0 Å². The van der Waals surface area contributed by atoms with Gasteiger partial charge in [-0.3, -0.25) is 0 Å². The van der Waals surface area contributed by atoms with E-state index in [0.717, 1.165) is 16.9 Å². The van der Waals surface area contributed by atoms with E-state index in [1.54, 1.807) is 0 Å². The highest BCUT2D eigenvalue weighted by atomic mass is 16.5. The lowest BCUT2D eigenvalue weighted by molar-refractivity contribution is 0.0624. The number of hydrogen-bond donors (Lipinski definition) is 1. The highest BCUT2D eigenvalue weighted by Crippen LogP contribution is 2.33. The minimum absolute atomic E-state index is 0.182. The van der Waals surface area contributed by atoms with Gasteiger partial charge in [0.1, 0.15) is 12.4 Å². The van der Waals surface area contributed by atoms with Gasteiger partial charge in [-0.15, -0.1) is 0 Å². The number of benzene rings is 2. The third kappa shape index (κ3) is 3.84. The minimum Gasteiger partial charge on any atom is -0.489 e. The maximum absolute atomic E-state index is 10.3. The fraction of sp³-hybridized carbons (Fsp3) is 0.333. The van der Waals surface area contributed by atoms with Gasteiger partial charge in [0.2, 0.25) is 0 Å². The summed E-state index contributed by atoms with van der Waals surface area (Å²) in [5.74, 6) is 0.787. The summed E-state index contributed by atoms with van der Waals surface area (Å²) >= 11 is 0. The average molecular weight is 270 g/mol. The van der Waals surface area contributed by atoms with Crippen molar-refractivity contribution < 1.29 is 9.84 Å². The lowest BCUT2D eigenvalue weighted by Gasteiger charge is -2.26. The van der Waals surface area contributed by atoms with Crippen LogP contribution in [-0.2, 0) is 6.61 Å². The van der Waals surface area contributed by atoms with Crippen molar-refractivity contribution in [1.29, 1.82) is 0 Å². The second-order valence-corrected chi connectivity index (χ2v) is 6.12. The van der Waals surface area contributed by atoms with Crippen molar-refractivity contribution in [3.05, 3.63) is 65.7 Å². The fourth-order valence-electron chi connectivity index (χ4n) is 2.02. The molecule has 1 unspecified atom stereocenters. The van der Waals surface area contributed by atoms with Crippen LogP contribution in [0.2, 0.25) is 0 Å². The van der Waals surface area contributed by atoms with E-state index < -0.39 is 6.10 Å². The highest BCUT2D eigenvalue weighted by Gasteiger charge is 2.23. The molecule has 2 heteroatoms. The van der Waals surface area contributed by atoms with E-state index in [2.05, 4.69) is 0 Å². The fourth-order valence-corrected chi connectivity index (χ4v) is 2.02. The lowest BCUT2D eigenvalue weighted by atomic mass is 9.85. The van der Waals surface area contributed by atoms with E-state index in [4.69, 9.17) is 4.74 Å². The molecule has 2 nitrogen and oxygen atoms in total. The Morgan fingerprint density at radius 1 is 1.00 bits per heavy atom. The largest absolute Gasteiger partial charge is 0.489 e. The molecule has 0 heterocycles. The Morgan fingerprint density at radius 2 is 1.70 bits per heavy atom. The van der Waals surface area contributed by atoms with Gasteiger partial charge in [-0.05, 0) is 28.7 Å². The van der Waals surface area contributed by atoms with Gasteiger partial charge in [0.25, 0.3) is 0 Å². The molecule has 2 rings (SSSR count). The second-order valence-electron chi connectivity index (χ2n) is 6.12. The van der Waals surface area contributed by atoms with Crippen LogP contribution in [0.25, 0.3) is 0 Å². The molecule has 0 spiro atoms. The molecule has 0 saturated carbocycles. The summed E-state index contributed by atoms with van der Waals surface area (Å²) in [6, 6.07) is 17.7. The van der Waals surface area contributed by atoms with E-state index in [-0.39, 0.29) is 5.41 Å². The van der Waals surface area contributed by atoms with Gasteiger partial charge in [0.15, 0.2) is 0 Å². The summed E-state index contributed by atoms with van der Waals surface area (Å²) in [7, 11) is 0. The molecular formula is C18H22O2. The minimum atomic E-state index is -0.497. The standard InChI is InChI=1S/C18H22O2/c1-18(2,3)17(19)15-10-7-11-16(12-15)20-13-14-8-5-4-6-9-14/h4-12,17,19H,13H2,1-3H3. The van der Waals surface area contributed by atoms with Crippen molar-refractivity contribution in [3.8, 4) is 5.75 Å². The monoisotopic (exact) mass is 270 g/mol. The van der Waals surface area contributed by atoms with Crippen LogP contribution < -0.4 is 4.74 Å². The van der Waals surface area contributed by atoms with Crippen LogP contribution in [0.1, 0.15) is 38.0 Å². The third-order valence-corrected chi connectivity index (χ3v) is 3.24. The zero-order valence-corrected chi connectivity index (χ0v) is 12.3. The van der Waals surface area contributed by atoms with E-state index >= 15 is 0 Å². The number of aliphatic hydroxyl groups excluding tert-OH is 1. The zero-order valence-electron chi connectivity index (χ0n) is 12.3. The van der Waals surface area contributed by atoms with Gasteiger partial charge in [-0.1, -0.05) is 63.2 Å². The van der Waals surface area contributed by atoms with Crippen LogP contribution in [0.3, 0.4) is 0 Å². The molecule has 1 N–H and O–H groups in total. The van der Waals surface area contributed by atoms with Crippen molar-refractivity contribution >= 4 is 0 Å². The summed E-state index contributed by atoms with van der Waals surface area (Å²) in [6.45, 7) is 6.61. The van der Waals surface area contributed by atoms with Crippen LogP contribution in [0.4, 0.5) is 0 Å². The molecule has 0 aliphatic rings. The molecule has 20 heavy (non-hydrogen) atoms. The maximum atomic E-state index is 10.3. The molecule has 0 aliphatic carbocycles. The van der Waals surface area contributed by atoms with Crippen LogP contribution >= 0.6 is 0 Å². The number of ether oxygens (including phenoxy) is 1. The Hall–Kier alpha value is -1.80. The molecule has 0 aromatic heterocycles. The van der Waals surface area contributed by atoms with E-state index in [9.17, 15) is 5.11 Å². The van der Waals surface area contributed by atoms with E-state index in [0.29, 0.717) is 6.61 Å². The van der Waals surface area contributed by atoms with Crippen molar-refractivity contribution in [2.45, 2.75) is 33.5 Å². The summed E-state index contributed by atoms with van der Waals surface area (Å²) in [6.07, 6.45) is -0.497. The van der Waals surface area contributed by atoms with Crippen molar-refractivity contribution in [1.82, 2.24) is 0 Å². The molecule has 0 saturated heterocycles. The smallest absolute Gasteiger partial charge is 0.120 e. The summed E-state index contributed by atoms with van der Waals surface area (Å²) in [4.78, 5) is 0. The first-order valence-electron chi connectivity index (χ1n) is 6.91. The molecule has 0 amide bonds. The Balaban J connectivity index is 2.07. The Labute approximate surface area is 121 Å². The predicted molar refractivity (Wildman–Crippen MR) is 81.6 cm³/mol. The Bertz CT molecular complexity index is 541. The van der Waals surface area contributed by atoms with Gasteiger partial charge in [-0.25, -0.2) is 0 Å². The first-order chi connectivity index (χ1) is 9.47. The molecule has 2 aromatic carbocycles. The molecular weight excluding hydrogens is 248 g/mol. The van der Waals surface area contributed by atoms with Gasteiger partial charge < -0.3 is 9.84 Å². The lowest BCUT2D eigenvalue weighted by Crippen LogP contribution is -2.17. The second kappa shape index (κ2) is 6.10. The Kier molecular flexibility index (Phi) is 4.46. The van der Waals surface area contributed by atoms with Gasteiger partial charge >= 0.3 is 0 Å². The molecule has 0 fully saturated rings. The number of aliphatic hydroxyl groups is 1. The molecule has 0 radical (unpaired) electrons. The first-order valence-corrected chi connectivity index (χ1v) is 6.91. The van der Waals surface area contributed by atoms with Gasteiger partial charge in [-0.2, -0.15) is 0 Å². The third-order valence-electron chi connectivity index (χ3n) is 3.24. The number of rotatable bonds is 4. The summed E-state index contributed by atoms with van der Waals surface area (Å²) in [5, 5.41) is 10.3. The SMILES string of the molecule is CC(C)(C)C(O)c1cccc(OCc2ccccc2)c1. The molecule has 0 bridgehead atoms. The van der Waals surface area contributed by atoms with Crippen LogP contribution in [0.5, 0.6) is 5.75 Å². The quantitative estimate of drug-likeness (QED) is 0.895. The van der Waals surface area contributed by atoms with E-state index in [1.807, 2.05) is 75.4 Å². The molecule has 2 aromatic rings. The van der Waals surface area contributed by atoms with Crippen molar-refractivity contribution in [3.63, 3.8) is 0 Å². The normalized spacial score (nSPS) is 13.0. The van der Waals surface area contributed by atoms with Crippen LogP contribution in [-0.4, -0.2) is 5.11 Å².